The van der Waals surface area contributed by atoms with Crippen molar-refractivity contribution >= 4 is 18.8 Å². The Kier molecular flexibility index (Phi) is 3.94. The molecule has 0 fully saturated rings. The normalized spacial score (nSPS) is 9.93. The quantitative estimate of drug-likeness (QED) is 0.412. The van der Waals surface area contributed by atoms with Crippen molar-refractivity contribution < 1.29 is 0 Å². The number of rotatable bonds is 3. The van der Waals surface area contributed by atoms with Crippen LogP contribution in [-0.4, -0.2) is 7.28 Å². The van der Waals surface area contributed by atoms with E-state index in [1.165, 1.54) is 11.0 Å². The van der Waals surface area contributed by atoms with Gasteiger partial charge in [-0.3, -0.25) is 0 Å². The molecule has 0 unspecified atom stereocenters. The van der Waals surface area contributed by atoms with Crippen LogP contribution in [0, 0.1) is 18.3 Å². The minimum absolute atomic E-state index is 0.472. The van der Waals surface area contributed by atoms with E-state index >= 15 is 0 Å². The molecule has 1 aromatic carbocycles. The van der Waals surface area contributed by atoms with Crippen LogP contribution in [0.4, 0.5) is 0 Å². The average Bonchev–Trinajstić information content (AvgIpc) is 2.27. The monoisotopic (exact) mass is 194 g/mol. The first-order chi connectivity index (χ1) is 7.17. The molecule has 0 N–H and O–H groups in total. The summed E-state index contributed by atoms with van der Waals surface area (Å²) in [5.74, 6) is 0. The lowest BCUT2D eigenvalue weighted by molar-refractivity contribution is 1.45. The zero-order chi connectivity index (χ0) is 11.3. The van der Waals surface area contributed by atoms with E-state index in [9.17, 15) is 0 Å². The fourth-order valence-electron chi connectivity index (χ4n) is 1.25. The summed E-state index contributed by atoms with van der Waals surface area (Å²) in [6.45, 7) is 7.66. The van der Waals surface area contributed by atoms with Crippen molar-refractivity contribution in [3.63, 3.8) is 0 Å². The molecule has 1 nitrogen and oxygen atoms in total. The van der Waals surface area contributed by atoms with Crippen molar-refractivity contribution in [1.82, 2.24) is 0 Å². The molecule has 1 rings (SSSR count). The molecular weight excluding hydrogens is 181 g/mol. The van der Waals surface area contributed by atoms with Crippen molar-refractivity contribution in [3.05, 3.63) is 47.6 Å². The van der Waals surface area contributed by atoms with Gasteiger partial charge in [0.25, 0.3) is 0 Å². The van der Waals surface area contributed by atoms with Gasteiger partial charge in [0, 0.05) is 5.57 Å². The Morgan fingerprint density at radius 3 is 2.87 bits per heavy atom. The molecule has 15 heavy (non-hydrogen) atoms. The molecule has 0 amide bonds. The summed E-state index contributed by atoms with van der Waals surface area (Å²) in [4.78, 5) is 0. The first-order valence-electron chi connectivity index (χ1n) is 4.84. The van der Waals surface area contributed by atoms with E-state index in [1.54, 1.807) is 6.08 Å². The van der Waals surface area contributed by atoms with Gasteiger partial charge >= 0.3 is 0 Å². The second-order valence-electron chi connectivity index (χ2n) is 3.38. The van der Waals surface area contributed by atoms with Gasteiger partial charge in [-0.15, -0.1) is 0 Å². The zero-order valence-corrected chi connectivity index (χ0v) is 9.12. The molecule has 0 heterocycles. The highest BCUT2D eigenvalue weighted by Gasteiger charge is 1.96. The van der Waals surface area contributed by atoms with Crippen LogP contribution < -0.4 is 5.46 Å². The highest BCUT2D eigenvalue weighted by atomic mass is 14.2. The average molecular weight is 194 g/mol. The molecule has 0 saturated heterocycles. The molecule has 0 aliphatic rings. The number of hydrogen-bond donors (Lipinski definition) is 0. The molecule has 1 radical (unpaired) electrons. The third-order valence-corrected chi connectivity index (χ3v) is 2.24. The van der Waals surface area contributed by atoms with Crippen LogP contribution in [0.5, 0.6) is 0 Å². The fraction of sp³-hybridized carbons (Fsp3) is 0.154. The van der Waals surface area contributed by atoms with Gasteiger partial charge < -0.3 is 0 Å². The van der Waals surface area contributed by atoms with Gasteiger partial charge in [-0.05, 0) is 24.1 Å². The Morgan fingerprint density at radius 1 is 1.53 bits per heavy atom. The molecule has 73 valence electrons. The van der Waals surface area contributed by atoms with Crippen LogP contribution in [0.15, 0.2) is 36.4 Å². The van der Waals surface area contributed by atoms with Gasteiger partial charge in [0.1, 0.15) is 7.28 Å². The van der Waals surface area contributed by atoms with Gasteiger partial charge in [0.2, 0.25) is 0 Å². The zero-order valence-electron chi connectivity index (χ0n) is 9.12. The number of hydrogen-bond acceptors (Lipinski definition) is 1. The minimum atomic E-state index is 0.472. The van der Waals surface area contributed by atoms with Crippen LogP contribution in [0.25, 0.3) is 6.08 Å². The third kappa shape index (κ3) is 3.14. The summed E-state index contributed by atoms with van der Waals surface area (Å²) in [5, 5.41) is 8.58. The van der Waals surface area contributed by atoms with E-state index in [2.05, 4.69) is 32.1 Å². The maximum atomic E-state index is 8.58. The van der Waals surface area contributed by atoms with Gasteiger partial charge in [-0.25, -0.2) is 0 Å². The molecule has 0 spiro atoms. The Balaban J connectivity index is 2.99. The lowest BCUT2D eigenvalue weighted by Crippen LogP contribution is -2.10. The molecule has 0 aliphatic heterocycles. The summed E-state index contributed by atoms with van der Waals surface area (Å²) in [7, 11) is 2.05. The van der Waals surface area contributed by atoms with Gasteiger partial charge in [0.05, 0.1) is 6.07 Å². The van der Waals surface area contributed by atoms with Crippen LogP contribution in [0.1, 0.15) is 11.1 Å². The van der Waals surface area contributed by atoms with Gasteiger partial charge in [-0.2, -0.15) is 5.26 Å². The molecule has 0 aromatic heterocycles. The SMILES string of the molecule is C=C(C#N)/C=C\c1cc([B]C)ccc1C. The molecule has 0 atom stereocenters. The maximum Gasteiger partial charge on any atom is 0.148 e. The number of nitriles is 1. The van der Waals surface area contributed by atoms with Crippen molar-refractivity contribution in [2.75, 3.05) is 0 Å². The van der Waals surface area contributed by atoms with Gasteiger partial charge in [0.15, 0.2) is 0 Å². The highest BCUT2D eigenvalue weighted by molar-refractivity contribution is 6.51. The number of aryl methyl sites for hydroxylation is 1. The van der Waals surface area contributed by atoms with Crippen molar-refractivity contribution in [3.8, 4) is 6.07 Å². The number of nitrogens with zero attached hydrogens (tertiary/aromatic N) is 1. The number of allylic oxidation sites excluding steroid dienone is 2. The second-order valence-corrected chi connectivity index (χ2v) is 3.38. The van der Waals surface area contributed by atoms with E-state index in [4.69, 9.17) is 5.26 Å². The predicted molar refractivity (Wildman–Crippen MR) is 66.2 cm³/mol. The van der Waals surface area contributed by atoms with Gasteiger partial charge in [-0.1, -0.05) is 43.1 Å². The smallest absolute Gasteiger partial charge is 0.148 e. The van der Waals surface area contributed by atoms with Crippen LogP contribution in [0.3, 0.4) is 0 Å². The molecule has 2 heteroatoms. The largest absolute Gasteiger partial charge is 0.192 e. The summed E-state index contributed by atoms with van der Waals surface area (Å²) in [6, 6.07) is 8.24. The summed E-state index contributed by atoms with van der Waals surface area (Å²) in [6.07, 6.45) is 3.66. The van der Waals surface area contributed by atoms with Crippen molar-refractivity contribution in [1.29, 1.82) is 5.26 Å². The lowest BCUT2D eigenvalue weighted by Gasteiger charge is -2.02. The number of benzene rings is 1. The third-order valence-electron chi connectivity index (χ3n) is 2.24. The van der Waals surface area contributed by atoms with Crippen LogP contribution >= 0.6 is 0 Å². The molecule has 1 aromatic rings. The molecule has 0 bridgehead atoms. The Hall–Kier alpha value is -1.75. The molecular formula is C13H13BN. The Morgan fingerprint density at radius 2 is 2.27 bits per heavy atom. The Labute approximate surface area is 92.0 Å². The first kappa shape index (κ1) is 11.3. The van der Waals surface area contributed by atoms with E-state index < -0.39 is 0 Å². The Bertz CT molecular complexity index is 438. The maximum absolute atomic E-state index is 8.58. The predicted octanol–water partition coefficient (Wildman–Crippen LogP) is 2.47. The molecule has 0 aliphatic carbocycles. The van der Waals surface area contributed by atoms with Crippen LogP contribution in [0.2, 0.25) is 6.82 Å². The summed E-state index contributed by atoms with van der Waals surface area (Å²) in [5.41, 5.74) is 3.98. The lowest BCUT2D eigenvalue weighted by atomic mass is 9.72. The van der Waals surface area contributed by atoms with Crippen molar-refractivity contribution in [2.45, 2.75) is 13.7 Å². The van der Waals surface area contributed by atoms with E-state index in [-0.39, 0.29) is 0 Å². The van der Waals surface area contributed by atoms with Crippen LogP contribution in [-0.2, 0) is 0 Å². The van der Waals surface area contributed by atoms with E-state index in [1.807, 2.05) is 25.9 Å². The summed E-state index contributed by atoms with van der Waals surface area (Å²) >= 11 is 0. The van der Waals surface area contributed by atoms with E-state index in [0.29, 0.717) is 5.57 Å². The van der Waals surface area contributed by atoms with E-state index in [0.717, 1.165) is 5.56 Å². The second kappa shape index (κ2) is 5.21. The standard InChI is InChI=1S/C13H13BN/c1-10(9-15)4-6-12-8-13(14-3)7-5-11(12)2/h4-8H,1H2,2-3H3/b6-4-. The topological polar surface area (TPSA) is 23.8 Å². The highest BCUT2D eigenvalue weighted by Crippen LogP contribution is 2.08. The summed E-state index contributed by atoms with van der Waals surface area (Å²) < 4.78 is 0. The molecule has 0 saturated carbocycles. The first-order valence-corrected chi connectivity index (χ1v) is 4.84. The van der Waals surface area contributed by atoms with Crippen molar-refractivity contribution in [2.24, 2.45) is 0 Å². The minimum Gasteiger partial charge on any atom is -0.192 e. The fourth-order valence-corrected chi connectivity index (χ4v) is 1.25.